The molecule has 17 heavy (non-hydrogen) atoms. The Morgan fingerprint density at radius 1 is 1.35 bits per heavy atom. The molecule has 0 amide bonds. The van der Waals surface area contributed by atoms with E-state index in [1.54, 1.807) is 12.1 Å². The molecular formula is C13H14FNO2. The molecule has 1 fully saturated rings. The zero-order chi connectivity index (χ0) is 12.3. The first-order valence-corrected chi connectivity index (χ1v) is 5.59. The number of nitrogens with two attached hydrogens (primary N) is 1. The van der Waals surface area contributed by atoms with Crippen LogP contribution in [0.3, 0.4) is 0 Å². The van der Waals surface area contributed by atoms with Crippen LogP contribution in [-0.4, -0.2) is 6.04 Å². The Hall–Kier alpha value is -1.71. The molecule has 3 nitrogen and oxygen atoms in total. The molecule has 1 aromatic rings. The van der Waals surface area contributed by atoms with Gasteiger partial charge >= 0.3 is 6.04 Å². The molecular weight excluding hydrogens is 221 g/mol. The van der Waals surface area contributed by atoms with Crippen molar-refractivity contribution in [3.05, 3.63) is 36.0 Å². The number of hydrogen-bond acceptors (Lipinski definition) is 3. The summed E-state index contributed by atoms with van der Waals surface area (Å²) in [5.41, 5.74) is 7.35. The van der Waals surface area contributed by atoms with Gasteiger partial charge in [-0.05, 0) is 30.5 Å². The predicted octanol–water partition coefficient (Wildman–Crippen LogP) is 2.61. The van der Waals surface area contributed by atoms with Crippen molar-refractivity contribution >= 4 is 0 Å². The molecule has 90 valence electrons. The van der Waals surface area contributed by atoms with Gasteiger partial charge in [0.25, 0.3) is 0 Å². The molecule has 1 unspecified atom stereocenters. The molecule has 1 aliphatic carbocycles. The normalized spacial score (nSPS) is 27.9. The van der Waals surface area contributed by atoms with Crippen molar-refractivity contribution < 1.29 is 13.9 Å². The average molecular weight is 235 g/mol. The summed E-state index contributed by atoms with van der Waals surface area (Å²) in [4.78, 5) is 0. The summed E-state index contributed by atoms with van der Waals surface area (Å²) in [5, 5.41) is 0. The number of alkyl halides is 1. The summed E-state index contributed by atoms with van der Waals surface area (Å²) >= 11 is 0. The van der Waals surface area contributed by atoms with Crippen molar-refractivity contribution in [2.45, 2.75) is 31.2 Å². The van der Waals surface area contributed by atoms with Gasteiger partial charge in [-0.2, -0.15) is 4.39 Å². The van der Waals surface area contributed by atoms with E-state index >= 15 is 0 Å². The van der Waals surface area contributed by atoms with Crippen LogP contribution in [0.5, 0.6) is 11.5 Å². The molecule has 0 spiro atoms. The topological polar surface area (TPSA) is 44.5 Å². The standard InChI is InChI=1S/C13H14FNO2/c1-8(15)13(5-6-13)9-3-4-10-11(7-9)17-12(2,14)16-10/h3-4,7H,1,5-6,15H2,2H3. The number of allylic oxidation sites excluding steroid dienone is 1. The van der Waals surface area contributed by atoms with Crippen molar-refractivity contribution in [1.82, 2.24) is 0 Å². The number of ether oxygens (including phenoxy) is 2. The minimum absolute atomic E-state index is 0.145. The first-order chi connectivity index (χ1) is 7.93. The van der Waals surface area contributed by atoms with Gasteiger partial charge in [-0.1, -0.05) is 12.6 Å². The highest BCUT2D eigenvalue weighted by molar-refractivity contribution is 5.51. The largest absolute Gasteiger partial charge is 0.423 e. The molecule has 0 saturated heterocycles. The summed E-state index contributed by atoms with van der Waals surface area (Å²) in [5.74, 6) is 0.859. The van der Waals surface area contributed by atoms with Crippen molar-refractivity contribution in [1.29, 1.82) is 0 Å². The molecule has 1 aromatic carbocycles. The van der Waals surface area contributed by atoms with Gasteiger partial charge < -0.3 is 15.2 Å². The highest BCUT2D eigenvalue weighted by atomic mass is 19.2. The summed E-state index contributed by atoms with van der Waals surface area (Å²) < 4.78 is 23.6. The van der Waals surface area contributed by atoms with Crippen LogP contribution in [0.15, 0.2) is 30.5 Å². The number of hydrogen-bond donors (Lipinski definition) is 1. The first-order valence-electron chi connectivity index (χ1n) is 5.59. The summed E-state index contributed by atoms with van der Waals surface area (Å²) in [7, 11) is 0. The molecule has 3 rings (SSSR count). The minimum atomic E-state index is -2.07. The molecule has 1 aliphatic heterocycles. The number of halogens is 1. The summed E-state index contributed by atoms with van der Waals surface area (Å²) in [6, 6.07) is 3.34. The zero-order valence-electron chi connectivity index (χ0n) is 9.63. The second kappa shape index (κ2) is 2.94. The fourth-order valence-corrected chi connectivity index (χ4v) is 2.30. The van der Waals surface area contributed by atoms with Crippen LogP contribution in [0, 0.1) is 0 Å². The molecule has 1 atom stereocenters. The van der Waals surface area contributed by atoms with Crippen LogP contribution in [0.1, 0.15) is 25.3 Å². The van der Waals surface area contributed by atoms with E-state index in [-0.39, 0.29) is 5.41 Å². The van der Waals surface area contributed by atoms with E-state index in [2.05, 4.69) is 6.58 Å². The van der Waals surface area contributed by atoms with Crippen LogP contribution in [0.25, 0.3) is 0 Å². The maximum atomic E-state index is 13.5. The molecule has 2 aliphatic rings. The van der Waals surface area contributed by atoms with E-state index in [0.717, 1.165) is 18.4 Å². The van der Waals surface area contributed by atoms with E-state index in [1.807, 2.05) is 6.07 Å². The third kappa shape index (κ3) is 1.47. The van der Waals surface area contributed by atoms with Crippen molar-refractivity contribution in [3.63, 3.8) is 0 Å². The van der Waals surface area contributed by atoms with E-state index in [9.17, 15) is 4.39 Å². The van der Waals surface area contributed by atoms with Crippen LogP contribution < -0.4 is 15.2 Å². The maximum absolute atomic E-state index is 13.5. The SMILES string of the molecule is C=C(N)C1(c2ccc3c(c2)OC(C)(F)O3)CC1. The Bertz CT molecular complexity index is 506. The molecule has 4 heteroatoms. The van der Waals surface area contributed by atoms with Gasteiger partial charge in [-0.25, -0.2) is 0 Å². The molecule has 1 heterocycles. The maximum Gasteiger partial charge on any atom is 0.404 e. The Morgan fingerprint density at radius 2 is 2.00 bits per heavy atom. The van der Waals surface area contributed by atoms with Gasteiger partial charge in [0.15, 0.2) is 11.5 Å². The Morgan fingerprint density at radius 3 is 2.59 bits per heavy atom. The van der Waals surface area contributed by atoms with Gasteiger partial charge in [0.2, 0.25) is 0 Å². The van der Waals surface area contributed by atoms with E-state index in [4.69, 9.17) is 15.2 Å². The Labute approximate surface area is 99.0 Å². The van der Waals surface area contributed by atoms with Crippen molar-refractivity contribution in [2.75, 3.05) is 0 Å². The lowest BCUT2D eigenvalue weighted by atomic mass is 9.93. The van der Waals surface area contributed by atoms with Crippen molar-refractivity contribution in [2.24, 2.45) is 5.73 Å². The van der Waals surface area contributed by atoms with E-state index in [0.29, 0.717) is 17.2 Å². The highest BCUT2D eigenvalue weighted by Gasteiger charge is 2.47. The lowest BCUT2D eigenvalue weighted by Gasteiger charge is -2.15. The molecule has 1 saturated carbocycles. The van der Waals surface area contributed by atoms with Gasteiger partial charge in [0, 0.05) is 18.0 Å². The molecule has 0 radical (unpaired) electrons. The van der Waals surface area contributed by atoms with Gasteiger partial charge in [0.05, 0.1) is 0 Å². The van der Waals surface area contributed by atoms with Crippen LogP contribution in [0.4, 0.5) is 4.39 Å². The molecule has 2 N–H and O–H groups in total. The van der Waals surface area contributed by atoms with Gasteiger partial charge in [-0.3, -0.25) is 0 Å². The summed E-state index contributed by atoms with van der Waals surface area (Å²) in [6.45, 7) is 5.06. The third-order valence-electron chi connectivity index (χ3n) is 3.45. The van der Waals surface area contributed by atoms with Gasteiger partial charge in [-0.15, -0.1) is 0 Å². The monoisotopic (exact) mass is 235 g/mol. The Kier molecular flexibility index (Phi) is 1.81. The highest BCUT2D eigenvalue weighted by Crippen LogP contribution is 2.54. The second-order valence-corrected chi connectivity index (χ2v) is 4.81. The number of rotatable bonds is 2. The first kappa shape index (κ1) is 10.4. The predicted molar refractivity (Wildman–Crippen MR) is 61.5 cm³/mol. The number of fused-ring (bicyclic) bond motifs is 1. The number of benzene rings is 1. The van der Waals surface area contributed by atoms with Crippen LogP contribution in [0.2, 0.25) is 0 Å². The third-order valence-corrected chi connectivity index (χ3v) is 3.45. The van der Waals surface area contributed by atoms with Crippen molar-refractivity contribution in [3.8, 4) is 11.5 Å². The van der Waals surface area contributed by atoms with E-state index in [1.165, 1.54) is 6.92 Å². The fraction of sp³-hybridized carbons (Fsp3) is 0.385. The minimum Gasteiger partial charge on any atom is -0.423 e. The second-order valence-electron chi connectivity index (χ2n) is 4.81. The van der Waals surface area contributed by atoms with Crippen LogP contribution in [-0.2, 0) is 5.41 Å². The quantitative estimate of drug-likeness (QED) is 0.857. The smallest absolute Gasteiger partial charge is 0.404 e. The molecule has 0 aromatic heterocycles. The zero-order valence-corrected chi connectivity index (χ0v) is 9.63. The summed E-state index contributed by atoms with van der Waals surface area (Å²) in [6.07, 6.45) is 1.96. The average Bonchev–Trinajstić information content (AvgIpc) is 2.95. The lowest BCUT2D eigenvalue weighted by Crippen LogP contribution is -2.27. The Balaban J connectivity index is 1.99. The lowest BCUT2D eigenvalue weighted by molar-refractivity contribution is -0.173. The molecule has 0 bridgehead atoms. The fourth-order valence-electron chi connectivity index (χ4n) is 2.30. The van der Waals surface area contributed by atoms with Gasteiger partial charge in [0.1, 0.15) is 0 Å². The van der Waals surface area contributed by atoms with Crippen LogP contribution >= 0.6 is 0 Å². The van der Waals surface area contributed by atoms with E-state index < -0.39 is 6.04 Å².